The number of sulfone groups is 1. The van der Waals surface area contributed by atoms with Crippen molar-refractivity contribution in [3.05, 3.63) is 35.6 Å². The average molecular weight is 288 g/mol. The minimum Gasteiger partial charge on any atom is -0.481 e. The Balaban J connectivity index is 2.60. The molecule has 7 heteroatoms. The first-order valence-electron chi connectivity index (χ1n) is 5.51. The van der Waals surface area contributed by atoms with Gasteiger partial charge in [-0.3, -0.25) is 9.59 Å². The largest absolute Gasteiger partial charge is 0.481 e. The molecular formula is C12H13FO5S. The van der Waals surface area contributed by atoms with Gasteiger partial charge in [-0.25, -0.2) is 12.8 Å². The zero-order valence-electron chi connectivity index (χ0n) is 10.0. The predicted octanol–water partition coefficient (Wildman–Crippen LogP) is 1.29. The number of Topliss-reactive ketones (excluding diaryl/α,β-unsaturated/α-hetero) is 1. The summed E-state index contributed by atoms with van der Waals surface area (Å²) in [5.41, 5.74) is 0.114. The Morgan fingerprint density at radius 3 is 2.26 bits per heavy atom. The molecule has 0 amide bonds. The quantitative estimate of drug-likeness (QED) is 0.764. The van der Waals surface area contributed by atoms with E-state index in [-0.39, 0.29) is 24.2 Å². The summed E-state index contributed by atoms with van der Waals surface area (Å²) in [6.45, 7) is 0. The number of hydrogen-bond donors (Lipinski definition) is 1. The van der Waals surface area contributed by atoms with Gasteiger partial charge < -0.3 is 5.11 Å². The van der Waals surface area contributed by atoms with E-state index in [1.54, 1.807) is 0 Å². The van der Waals surface area contributed by atoms with Gasteiger partial charge in [-0.05, 0) is 30.7 Å². The number of benzene rings is 1. The highest BCUT2D eigenvalue weighted by molar-refractivity contribution is 7.92. The van der Waals surface area contributed by atoms with Crippen molar-refractivity contribution in [3.63, 3.8) is 0 Å². The molecule has 0 aliphatic carbocycles. The van der Waals surface area contributed by atoms with E-state index in [2.05, 4.69) is 0 Å². The third-order valence-electron chi connectivity index (χ3n) is 2.36. The van der Waals surface area contributed by atoms with Crippen molar-refractivity contribution < 1.29 is 27.5 Å². The SMILES string of the molecule is O=C(O)CCCS(=O)(=O)CC(=O)c1ccc(F)cc1. The fourth-order valence-electron chi connectivity index (χ4n) is 1.43. The molecule has 19 heavy (non-hydrogen) atoms. The Labute approximate surface area is 110 Å². The zero-order valence-corrected chi connectivity index (χ0v) is 10.8. The molecule has 1 rings (SSSR count). The van der Waals surface area contributed by atoms with E-state index >= 15 is 0 Å². The second-order valence-electron chi connectivity index (χ2n) is 4.02. The molecule has 1 aromatic rings. The average Bonchev–Trinajstić information content (AvgIpc) is 2.28. The standard InChI is InChI=1S/C12H13FO5S/c13-10-5-3-9(4-6-10)11(14)8-19(17,18)7-1-2-12(15)16/h3-6H,1-2,7-8H2,(H,15,16). The van der Waals surface area contributed by atoms with Gasteiger partial charge in [0.1, 0.15) is 11.6 Å². The number of halogens is 1. The molecule has 1 aromatic carbocycles. The fourth-order valence-corrected chi connectivity index (χ4v) is 2.73. The molecule has 1 N–H and O–H groups in total. The van der Waals surface area contributed by atoms with Gasteiger partial charge in [0.25, 0.3) is 0 Å². The van der Waals surface area contributed by atoms with Crippen LogP contribution in [0.4, 0.5) is 4.39 Å². The van der Waals surface area contributed by atoms with Crippen molar-refractivity contribution in [2.24, 2.45) is 0 Å². The first-order chi connectivity index (χ1) is 8.80. The lowest BCUT2D eigenvalue weighted by Crippen LogP contribution is -2.19. The summed E-state index contributed by atoms with van der Waals surface area (Å²) in [4.78, 5) is 21.9. The summed E-state index contributed by atoms with van der Waals surface area (Å²) in [5.74, 6) is -3.28. The molecule has 0 heterocycles. The Bertz CT molecular complexity index is 562. The molecule has 0 fully saturated rings. The first-order valence-corrected chi connectivity index (χ1v) is 7.33. The smallest absolute Gasteiger partial charge is 0.303 e. The van der Waals surface area contributed by atoms with Crippen LogP contribution in [-0.4, -0.2) is 36.8 Å². The van der Waals surface area contributed by atoms with Gasteiger partial charge >= 0.3 is 5.97 Å². The number of carboxylic acid groups (broad SMARTS) is 1. The van der Waals surface area contributed by atoms with Gasteiger partial charge in [-0.2, -0.15) is 0 Å². The Morgan fingerprint density at radius 2 is 1.74 bits per heavy atom. The lowest BCUT2D eigenvalue weighted by atomic mass is 10.1. The molecule has 0 radical (unpaired) electrons. The van der Waals surface area contributed by atoms with Crippen molar-refractivity contribution in [2.45, 2.75) is 12.8 Å². The monoisotopic (exact) mass is 288 g/mol. The van der Waals surface area contributed by atoms with E-state index in [0.717, 1.165) is 12.1 Å². The van der Waals surface area contributed by atoms with Gasteiger partial charge in [0.15, 0.2) is 15.6 Å². The number of rotatable bonds is 7. The van der Waals surface area contributed by atoms with Crippen LogP contribution < -0.4 is 0 Å². The molecule has 0 aliphatic rings. The van der Waals surface area contributed by atoms with E-state index in [1.807, 2.05) is 0 Å². The highest BCUT2D eigenvalue weighted by atomic mass is 32.2. The Kier molecular flexibility index (Phi) is 5.17. The minimum absolute atomic E-state index is 0.0334. The summed E-state index contributed by atoms with van der Waals surface area (Å²) < 4.78 is 35.8. The van der Waals surface area contributed by atoms with E-state index in [0.29, 0.717) is 0 Å². The minimum atomic E-state index is -3.64. The van der Waals surface area contributed by atoms with Crippen molar-refractivity contribution in [2.75, 3.05) is 11.5 Å². The third kappa shape index (κ3) is 5.60. The van der Waals surface area contributed by atoms with Crippen LogP contribution in [0, 0.1) is 5.82 Å². The maximum absolute atomic E-state index is 12.6. The van der Waals surface area contributed by atoms with Crippen LogP contribution in [0.15, 0.2) is 24.3 Å². The molecule has 0 saturated carbocycles. The van der Waals surface area contributed by atoms with Gasteiger partial charge in [-0.15, -0.1) is 0 Å². The molecule has 104 valence electrons. The van der Waals surface area contributed by atoms with Crippen LogP contribution in [0.25, 0.3) is 0 Å². The molecular weight excluding hydrogens is 275 g/mol. The molecule has 0 atom stereocenters. The number of carboxylic acids is 1. The van der Waals surface area contributed by atoms with Gasteiger partial charge in [0, 0.05) is 12.0 Å². The number of ketones is 1. The highest BCUT2D eigenvalue weighted by Gasteiger charge is 2.18. The number of carbonyl (C=O) groups is 2. The highest BCUT2D eigenvalue weighted by Crippen LogP contribution is 2.07. The molecule has 0 aromatic heterocycles. The van der Waals surface area contributed by atoms with Gasteiger partial charge in [-0.1, -0.05) is 0 Å². The van der Waals surface area contributed by atoms with Gasteiger partial charge in [0.05, 0.1) is 5.75 Å². The maximum Gasteiger partial charge on any atom is 0.303 e. The van der Waals surface area contributed by atoms with E-state index in [1.165, 1.54) is 12.1 Å². The zero-order chi connectivity index (χ0) is 14.5. The predicted molar refractivity (Wildman–Crippen MR) is 66.3 cm³/mol. The normalized spacial score (nSPS) is 11.2. The molecule has 0 spiro atoms. The van der Waals surface area contributed by atoms with Crippen LogP contribution in [-0.2, 0) is 14.6 Å². The van der Waals surface area contributed by atoms with Crippen molar-refractivity contribution in [1.82, 2.24) is 0 Å². The van der Waals surface area contributed by atoms with Gasteiger partial charge in [0.2, 0.25) is 0 Å². The summed E-state index contributed by atoms with van der Waals surface area (Å²) >= 11 is 0. The second-order valence-corrected chi connectivity index (χ2v) is 6.20. The molecule has 0 aliphatic heterocycles. The van der Waals surface area contributed by atoms with Crippen LogP contribution in [0.3, 0.4) is 0 Å². The van der Waals surface area contributed by atoms with Crippen molar-refractivity contribution in [1.29, 1.82) is 0 Å². The van der Waals surface area contributed by atoms with Crippen LogP contribution >= 0.6 is 0 Å². The topological polar surface area (TPSA) is 88.5 Å². The van der Waals surface area contributed by atoms with E-state index in [4.69, 9.17) is 5.11 Å². The van der Waals surface area contributed by atoms with Crippen LogP contribution in [0.2, 0.25) is 0 Å². The van der Waals surface area contributed by atoms with E-state index in [9.17, 15) is 22.4 Å². The second kappa shape index (κ2) is 6.42. The number of hydrogen-bond acceptors (Lipinski definition) is 4. The Morgan fingerprint density at radius 1 is 1.16 bits per heavy atom. The number of carbonyl (C=O) groups excluding carboxylic acids is 1. The molecule has 5 nitrogen and oxygen atoms in total. The van der Waals surface area contributed by atoms with Crippen molar-refractivity contribution >= 4 is 21.6 Å². The van der Waals surface area contributed by atoms with Crippen molar-refractivity contribution in [3.8, 4) is 0 Å². The van der Waals surface area contributed by atoms with E-state index < -0.39 is 33.2 Å². The number of aliphatic carboxylic acids is 1. The summed E-state index contributed by atoms with van der Waals surface area (Å²) in [6, 6.07) is 4.57. The summed E-state index contributed by atoms with van der Waals surface area (Å²) in [5, 5.41) is 8.40. The maximum atomic E-state index is 12.6. The fraction of sp³-hybridized carbons (Fsp3) is 0.333. The summed E-state index contributed by atoms with van der Waals surface area (Å²) in [6.07, 6.45) is -0.293. The lowest BCUT2D eigenvalue weighted by Gasteiger charge is -2.03. The van der Waals surface area contributed by atoms with Crippen LogP contribution in [0.1, 0.15) is 23.2 Å². The van der Waals surface area contributed by atoms with Crippen LogP contribution in [0.5, 0.6) is 0 Å². The summed E-state index contributed by atoms with van der Waals surface area (Å²) in [7, 11) is -3.64. The third-order valence-corrected chi connectivity index (χ3v) is 3.98. The Hall–Kier alpha value is -1.76. The first kappa shape index (κ1) is 15.3. The molecule has 0 unspecified atom stereocenters. The lowest BCUT2D eigenvalue weighted by molar-refractivity contribution is -0.137. The molecule has 0 saturated heterocycles. The molecule has 0 bridgehead atoms.